The highest BCUT2D eigenvalue weighted by Gasteiger charge is 2.44. The van der Waals surface area contributed by atoms with E-state index in [1.54, 1.807) is 28.6 Å². The van der Waals surface area contributed by atoms with Gasteiger partial charge < -0.3 is 5.73 Å². The first-order valence-electron chi connectivity index (χ1n) is 9.07. The predicted octanol–water partition coefficient (Wildman–Crippen LogP) is 1.09. The minimum absolute atomic E-state index is 0. The first-order valence-corrected chi connectivity index (χ1v) is 10.7. The number of fused-ring (bicyclic) bond motifs is 2. The van der Waals surface area contributed by atoms with Gasteiger partial charge in [0.25, 0.3) is 11.8 Å². The van der Waals surface area contributed by atoms with Crippen molar-refractivity contribution in [2.75, 3.05) is 25.4 Å². The number of nitrogens with two attached hydrogens (primary N) is 1. The Balaban J connectivity index is 0.00000210. The molecule has 3 unspecified atom stereocenters. The maximum atomic E-state index is 12.6. The number of hydrogen-bond donors (Lipinski definition) is 1. The van der Waals surface area contributed by atoms with Crippen LogP contribution in [0.25, 0.3) is 0 Å². The summed E-state index contributed by atoms with van der Waals surface area (Å²) >= 11 is 0. The van der Waals surface area contributed by atoms with Gasteiger partial charge in [0.15, 0.2) is 0 Å². The van der Waals surface area contributed by atoms with Crippen molar-refractivity contribution >= 4 is 34.2 Å². The fourth-order valence-electron chi connectivity index (χ4n) is 4.47. The van der Waals surface area contributed by atoms with Crippen molar-refractivity contribution in [3.63, 3.8) is 0 Å². The first-order chi connectivity index (χ1) is 12.4. The zero-order chi connectivity index (χ0) is 18.5. The largest absolute Gasteiger partial charge is 0.327 e. The second kappa shape index (κ2) is 7.50. The highest BCUT2D eigenvalue weighted by molar-refractivity contribution is 7.89. The van der Waals surface area contributed by atoms with Crippen LogP contribution in [0.2, 0.25) is 0 Å². The van der Waals surface area contributed by atoms with Gasteiger partial charge in [-0.05, 0) is 43.2 Å². The number of sulfonamides is 1. The van der Waals surface area contributed by atoms with Crippen LogP contribution in [0, 0.1) is 11.8 Å². The number of halogens is 1. The Bertz CT molecular complexity index is 825. The van der Waals surface area contributed by atoms with Crippen LogP contribution in [0.4, 0.5) is 0 Å². The number of hydrogen-bond acceptors (Lipinski definition) is 5. The van der Waals surface area contributed by atoms with E-state index in [-0.39, 0.29) is 54.9 Å². The summed E-state index contributed by atoms with van der Waals surface area (Å²) in [5.74, 6) is -0.110. The third-order valence-corrected chi connectivity index (χ3v) is 7.82. The highest BCUT2D eigenvalue weighted by Crippen LogP contribution is 2.38. The summed E-state index contributed by atoms with van der Waals surface area (Å²) in [5, 5.41) is 0. The van der Waals surface area contributed by atoms with Crippen LogP contribution >= 0.6 is 12.4 Å². The van der Waals surface area contributed by atoms with Crippen molar-refractivity contribution in [3.8, 4) is 0 Å². The molecule has 3 atom stereocenters. The van der Waals surface area contributed by atoms with Gasteiger partial charge >= 0.3 is 0 Å². The van der Waals surface area contributed by atoms with Gasteiger partial charge in [-0.25, -0.2) is 12.7 Å². The Morgan fingerprint density at radius 1 is 1.04 bits per heavy atom. The second-order valence-corrected chi connectivity index (χ2v) is 9.55. The molecule has 0 spiro atoms. The van der Waals surface area contributed by atoms with Crippen LogP contribution < -0.4 is 5.73 Å². The Labute approximate surface area is 165 Å². The van der Waals surface area contributed by atoms with E-state index < -0.39 is 10.0 Å². The number of carbonyl (C=O) groups excluding carboxylic acids is 2. The molecule has 1 aliphatic carbocycles. The van der Waals surface area contributed by atoms with Crippen molar-refractivity contribution in [1.29, 1.82) is 0 Å². The minimum Gasteiger partial charge on any atom is -0.327 e. The van der Waals surface area contributed by atoms with E-state index >= 15 is 0 Å². The van der Waals surface area contributed by atoms with Gasteiger partial charge in [-0.1, -0.05) is 12.1 Å². The monoisotopic (exact) mass is 413 g/mol. The van der Waals surface area contributed by atoms with Crippen LogP contribution in [0.3, 0.4) is 0 Å². The number of carbonyl (C=O) groups is 2. The molecule has 1 aromatic carbocycles. The van der Waals surface area contributed by atoms with Gasteiger partial charge in [0.2, 0.25) is 10.0 Å². The zero-order valence-corrected chi connectivity index (χ0v) is 16.5. The molecule has 2 aliphatic heterocycles. The molecule has 0 radical (unpaired) electrons. The Morgan fingerprint density at radius 3 is 2.26 bits per heavy atom. The summed E-state index contributed by atoms with van der Waals surface area (Å²) in [6.07, 6.45) is 2.21. The predicted molar refractivity (Wildman–Crippen MR) is 103 cm³/mol. The average molecular weight is 414 g/mol. The Morgan fingerprint density at radius 2 is 1.67 bits per heavy atom. The van der Waals surface area contributed by atoms with E-state index in [2.05, 4.69) is 0 Å². The summed E-state index contributed by atoms with van der Waals surface area (Å²) in [7, 11) is -3.39. The molecule has 1 aromatic rings. The molecular formula is C18H24ClN3O4S. The molecule has 0 aromatic heterocycles. The SMILES string of the molecule is Cl.NC1CCC2CN(S(=O)(=O)CCCN3C(=O)c4ccccc4C3=O)CC12. The van der Waals surface area contributed by atoms with E-state index in [0.29, 0.717) is 30.1 Å². The quantitative estimate of drug-likeness (QED) is 0.728. The topological polar surface area (TPSA) is 101 Å². The van der Waals surface area contributed by atoms with Crippen LogP contribution in [0.1, 0.15) is 40.0 Å². The lowest BCUT2D eigenvalue weighted by molar-refractivity contribution is 0.0654. The molecule has 2 N–H and O–H groups in total. The first kappa shape index (κ1) is 20.3. The maximum Gasteiger partial charge on any atom is 0.261 e. The van der Waals surface area contributed by atoms with Crippen molar-refractivity contribution in [1.82, 2.24) is 9.21 Å². The molecule has 7 nitrogen and oxygen atoms in total. The number of amides is 2. The van der Waals surface area contributed by atoms with E-state index in [4.69, 9.17) is 5.73 Å². The summed E-state index contributed by atoms with van der Waals surface area (Å²) in [6.45, 7) is 1.17. The molecule has 2 heterocycles. The molecule has 3 aliphatic rings. The molecule has 148 valence electrons. The van der Waals surface area contributed by atoms with E-state index in [1.807, 2.05) is 0 Å². The van der Waals surface area contributed by atoms with Crippen molar-refractivity contribution in [2.24, 2.45) is 17.6 Å². The van der Waals surface area contributed by atoms with Crippen molar-refractivity contribution in [2.45, 2.75) is 25.3 Å². The lowest BCUT2D eigenvalue weighted by atomic mass is 9.98. The average Bonchev–Trinajstić information content (AvgIpc) is 3.26. The molecule has 27 heavy (non-hydrogen) atoms. The molecule has 0 bridgehead atoms. The smallest absolute Gasteiger partial charge is 0.261 e. The Kier molecular flexibility index (Phi) is 5.63. The minimum atomic E-state index is -3.39. The number of nitrogens with zero attached hydrogens (tertiary/aromatic N) is 2. The third-order valence-electron chi connectivity index (χ3n) is 5.93. The summed E-state index contributed by atoms with van der Waals surface area (Å²) < 4.78 is 26.8. The van der Waals surface area contributed by atoms with Crippen LogP contribution in [-0.2, 0) is 10.0 Å². The molecular weight excluding hydrogens is 390 g/mol. The van der Waals surface area contributed by atoms with E-state index in [0.717, 1.165) is 17.7 Å². The number of rotatable bonds is 5. The molecule has 9 heteroatoms. The van der Waals surface area contributed by atoms with Crippen LogP contribution in [0.5, 0.6) is 0 Å². The van der Waals surface area contributed by atoms with E-state index in [9.17, 15) is 18.0 Å². The fourth-order valence-corrected chi connectivity index (χ4v) is 6.04. The van der Waals surface area contributed by atoms with E-state index in [1.165, 1.54) is 0 Å². The molecule has 1 saturated carbocycles. The van der Waals surface area contributed by atoms with Crippen LogP contribution in [-0.4, -0.2) is 60.9 Å². The van der Waals surface area contributed by atoms with Gasteiger partial charge in [-0.2, -0.15) is 0 Å². The molecule has 1 saturated heterocycles. The standard InChI is InChI=1S/C18H23N3O4S.ClH/c19-16-7-6-12-10-20(11-15(12)16)26(24,25)9-3-8-21-17(22)13-4-1-2-5-14(13)18(21)23;/h1-2,4-5,12,15-16H,3,6-11,19H2;1H. The summed E-state index contributed by atoms with van der Waals surface area (Å²) in [6, 6.07) is 6.77. The molecule has 2 amide bonds. The summed E-state index contributed by atoms with van der Waals surface area (Å²) in [5.41, 5.74) is 6.86. The zero-order valence-electron chi connectivity index (χ0n) is 14.9. The number of imide groups is 1. The van der Waals surface area contributed by atoms with Crippen LogP contribution in [0.15, 0.2) is 24.3 Å². The number of benzene rings is 1. The summed E-state index contributed by atoms with van der Waals surface area (Å²) in [4.78, 5) is 25.8. The molecule has 2 fully saturated rings. The van der Waals surface area contributed by atoms with Gasteiger partial charge in [0.1, 0.15) is 0 Å². The third kappa shape index (κ3) is 3.51. The lowest BCUT2D eigenvalue weighted by Crippen LogP contribution is -2.36. The fraction of sp³-hybridized carbons (Fsp3) is 0.556. The normalized spacial score (nSPS) is 27.6. The van der Waals surface area contributed by atoms with Gasteiger partial charge in [-0.15, -0.1) is 12.4 Å². The Hall–Kier alpha value is -1.48. The maximum absolute atomic E-state index is 12.6. The molecule has 4 rings (SSSR count). The van der Waals surface area contributed by atoms with Gasteiger partial charge in [-0.3, -0.25) is 14.5 Å². The lowest BCUT2D eigenvalue weighted by Gasteiger charge is -2.19. The van der Waals surface area contributed by atoms with Crippen molar-refractivity contribution < 1.29 is 18.0 Å². The van der Waals surface area contributed by atoms with Gasteiger partial charge in [0.05, 0.1) is 16.9 Å². The van der Waals surface area contributed by atoms with Crippen molar-refractivity contribution in [3.05, 3.63) is 35.4 Å². The second-order valence-electron chi connectivity index (χ2n) is 7.46. The highest BCUT2D eigenvalue weighted by atomic mass is 35.5. The van der Waals surface area contributed by atoms with Gasteiger partial charge in [0, 0.05) is 25.7 Å².